The number of alkyl halides is 3. The Balaban J connectivity index is 1.80. The van der Waals surface area contributed by atoms with Crippen molar-refractivity contribution >= 4 is 0 Å². The van der Waals surface area contributed by atoms with E-state index in [0.29, 0.717) is 5.56 Å². The zero-order chi connectivity index (χ0) is 17.2. The lowest BCUT2D eigenvalue weighted by Gasteiger charge is -2.05. The minimum atomic E-state index is -4.38. The second-order valence-corrected chi connectivity index (χ2v) is 5.10. The van der Waals surface area contributed by atoms with Crippen LogP contribution in [-0.2, 0) is 6.18 Å². The molecule has 24 heavy (non-hydrogen) atoms. The van der Waals surface area contributed by atoms with E-state index in [1.165, 1.54) is 12.1 Å². The van der Waals surface area contributed by atoms with E-state index >= 15 is 0 Å². The highest BCUT2D eigenvalue weighted by Crippen LogP contribution is 2.30. The maximum atomic E-state index is 12.5. The highest BCUT2D eigenvalue weighted by atomic mass is 19.4. The molecule has 0 fully saturated rings. The maximum Gasteiger partial charge on any atom is 0.416 e. The third-order valence-electron chi connectivity index (χ3n) is 3.25. The smallest absolute Gasteiger partial charge is 0.410 e. The molecule has 3 rings (SSSR count). The third-order valence-corrected chi connectivity index (χ3v) is 3.25. The van der Waals surface area contributed by atoms with Crippen molar-refractivity contribution in [1.82, 2.24) is 10.2 Å². The van der Waals surface area contributed by atoms with Crippen molar-refractivity contribution in [2.45, 2.75) is 13.1 Å². The summed E-state index contributed by atoms with van der Waals surface area (Å²) in [6, 6.07) is 12.1. The summed E-state index contributed by atoms with van der Waals surface area (Å²) in [6.07, 6.45) is -4.38. The molecule has 0 unspecified atom stereocenters. The van der Waals surface area contributed by atoms with E-state index in [2.05, 4.69) is 22.0 Å². The number of halogens is 3. The van der Waals surface area contributed by atoms with Crippen LogP contribution in [0.3, 0.4) is 0 Å². The van der Waals surface area contributed by atoms with E-state index in [1.54, 1.807) is 0 Å². The van der Waals surface area contributed by atoms with Crippen LogP contribution in [0.1, 0.15) is 22.6 Å². The standard InChI is InChI=1S/C18H11F3N2O/c1-12-2-4-13(5-3-12)6-11-16-22-23-17(24-16)14-7-9-15(10-8-14)18(19,20)21/h2-5,7-10H,1H3. The molecular weight excluding hydrogens is 317 g/mol. The molecule has 0 N–H and O–H groups in total. The number of hydrogen-bond acceptors (Lipinski definition) is 3. The Bertz CT molecular complexity index is 898. The van der Waals surface area contributed by atoms with Crippen molar-refractivity contribution in [1.29, 1.82) is 0 Å². The van der Waals surface area contributed by atoms with Gasteiger partial charge in [0.25, 0.3) is 5.89 Å². The summed E-state index contributed by atoms with van der Waals surface area (Å²) in [6.45, 7) is 1.98. The second kappa shape index (κ2) is 6.20. The summed E-state index contributed by atoms with van der Waals surface area (Å²) in [5, 5.41) is 7.59. The van der Waals surface area contributed by atoms with E-state index in [0.717, 1.165) is 23.3 Å². The van der Waals surface area contributed by atoms with Crippen LogP contribution in [0.5, 0.6) is 0 Å². The molecule has 0 spiro atoms. The minimum absolute atomic E-state index is 0.102. The lowest BCUT2D eigenvalue weighted by molar-refractivity contribution is -0.137. The van der Waals surface area contributed by atoms with Crippen molar-refractivity contribution < 1.29 is 17.6 Å². The number of hydrogen-bond donors (Lipinski definition) is 0. The number of benzene rings is 2. The molecule has 3 nitrogen and oxygen atoms in total. The first-order valence-corrected chi connectivity index (χ1v) is 7.02. The van der Waals surface area contributed by atoms with Crippen molar-refractivity contribution in [3.8, 4) is 23.3 Å². The summed E-state index contributed by atoms with van der Waals surface area (Å²) < 4.78 is 43.0. The Hall–Kier alpha value is -3.07. The van der Waals surface area contributed by atoms with Gasteiger partial charge >= 0.3 is 6.18 Å². The van der Waals surface area contributed by atoms with Gasteiger partial charge in [0.05, 0.1) is 5.56 Å². The summed E-state index contributed by atoms with van der Waals surface area (Å²) in [7, 11) is 0. The fourth-order valence-electron chi connectivity index (χ4n) is 1.95. The van der Waals surface area contributed by atoms with Crippen LogP contribution < -0.4 is 0 Å². The molecule has 0 atom stereocenters. The van der Waals surface area contributed by atoms with Crippen LogP contribution in [-0.4, -0.2) is 10.2 Å². The van der Waals surface area contributed by atoms with Gasteiger partial charge in [0.15, 0.2) is 0 Å². The van der Waals surface area contributed by atoms with Gasteiger partial charge in [0, 0.05) is 11.1 Å². The van der Waals surface area contributed by atoms with Crippen molar-refractivity contribution in [3.05, 3.63) is 71.1 Å². The number of aromatic nitrogens is 2. The zero-order valence-electron chi connectivity index (χ0n) is 12.6. The van der Waals surface area contributed by atoms with Crippen LogP contribution in [0.2, 0.25) is 0 Å². The summed E-state index contributed by atoms with van der Waals surface area (Å²) in [5.41, 5.74) is 1.60. The lowest BCUT2D eigenvalue weighted by atomic mass is 10.1. The molecular formula is C18H11F3N2O. The molecule has 6 heteroatoms. The quantitative estimate of drug-likeness (QED) is 0.619. The normalized spacial score (nSPS) is 11.0. The molecule has 1 aromatic heterocycles. The Morgan fingerprint density at radius 1 is 0.875 bits per heavy atom. The van der Waals surface area contributed by atoms with Crippen LogP contribution in [0.4, 0.5) is 13.2 Å². The first-order chi connectivity index (χ1) is 11.4. The molecule has 1 heterocycles. The Morgan fingerprint density at radius 2 is 1.54 bits per heavy atom. The largest absolute Gasteiger partial charge is 0.416 e. The molecule has 0 amide bonds. The summed E-state index contributed by atoms with van der Waals surface area (Å²) >= 11 is 0. The topological polar surface area (TPSA) is 38.9 Å². The van der Waals surface area contributed by atoms with Crippen molar-refractivity contribution in [2.24, 2.45) is 0 Å². The van der Waals surface area contributed by atoms with Gasteiger partial charge in [-0.25, -0.2) is 0 Å². The van der Waals surface area contributed by atoms with Crippen LogP contribution in [0, 0.1) is 18.8 Å². The van der Waals surface area contributed by atoms with E-state index in [1.807, 2.05) is 31.2 Å². The van der Waals surface area contributed by atoms with Gasteiger partial charge in [-0.1, -0.05) is 28.7 Å². The van der Waals surface area contributed by atoms with Crippen LogP contribution in [0.25, 0.3) is 11.5 Å². The Labute approximate surface area is 136 Å². The van der Waals surface area contributed by atoms with Gasteiger partial charge in [-0.3, -0.25) is 0 Å². The fraction of sp³-hybridized carbons (Fsp3) is 0.111. The molecule has 0 bridgehead atoms. The third kappa shape index (κ3) is 3.63. The van der Waals surface area contributed by atoms with Gasteiger partial charge in [0.1, 0.15) is 0 Å². The molecule has 120 valence electrons. The number of aryl methyl sites for hydroxylation is 1. The molecule has 0 saturated heterocycles. The first-order valence-electron chi connectivity index (χ1n) is 7.02. The number of rotatable bonds is 1. The lowest BCUT2D eigenvalue weighted by Crippen LogP contribution is -2.03. The number of nitrogens with zero attached hydrogens (tertiary/aromatic N) is 2. The van der Waals surface area contributed by atoms with Gasteiger partial charge in [0.2, 0.25) is 5.89 Å². The molecule has 0 aliphatic carbocycles. The van der Waals surface area contributed by atoms with Crippen molar-refractivity contribution in [2.75, 3.05) is 0 Å². The Kier molecular flexibility index (Phi) is 4.09. The SMILES string of the molecule is Cc1ccc(C#Cc2nnc(-c3ccc(C(F)(F)F)cc3)o2)cc1. The first kappa shape index (κ1) is 15.8. The van der Waals surface area contributed by atoms with E-state index in [9.17, 15) is 13.2 Å². The second-order valence-electron chi connectivity index (χ2n) is 5.10. The van der Waals surface area contributed by atoms with E-state index in [4.69, 9.17) is 4.42 Å². The maximum absolute atomic E-state index is 12.5. The summed E-state index contributed by atoms with van der Waals surface area (Å²) in [4.78, 5) is 0. The zero-order valence-corrected chi connectivity index (χ0v) is 12.6. The highest BCUT2D eigenvalue weighted by molar-refractivity contribution is 5.53. The predicted molar refractivity (Wildman–Crippen MR) is 81.9 cm³/mol. The van der Waals surface area contributed by atoms with Crippen molar-refractivity contribution in [3.63, 3.8) is 0 Å². The molecule has 2 aromatic carbocycles. The minimum Gasteiger partial charge on any atom is -0.410 e. The van der Waals surface area contributed by atoms with Gasteiger partial charge in [-0.05, 0) is 49.2 Å². The average molecular weight is 328 g/mol. The summed E-state index contributed by atoms with van der Waals surface area (Å²) in [5.74, 6) is 5.85. The van der Waals surface area contributed by atoms with Gasteiger partial charge < -0.3 is 4.42 Å². The highest BCUT2D eigenvalue weighted by Gasteiger charge is 2.30. The molecule has 0 aliphatic rings. The molecule has 3 aromatic rings. The van der Waals surface area contributed by atoms with Crippen LogP contribution >= 0.6 is 0 Å². The van der Waals surface area contributed by atoms with Crippen LogP contribution in [0.15, 0.2) is 52.9 Å². The van der Waals surface area contributed by atoms with E-state index in [-0.39, 0.29) is 11.8 Å². The van der Waals surface area contributed by atoms with Gasteiger partial charge in [-0.2, -0.15) is 13.2 Å². The average Bonchev–Trinajstić information content (AvgIpc) is 3.03. The molecule has 0 aliphatic heterocycles. The molecule has 0 radical (unpaired) electrons. The molecule has 0 saturated carbocycles. The fourth-order valence-corrected chi connectivity index (χ4v) is 1.95. The van der Waals surface area contributed by atoms with Gasteiger partial charge in [-0.15, -0.1) is 5.10 Å². The monoisotopic (exact) mass is 328 g/mol. The predicted octanol–water partition coefficient (Wildman–Crippen LogP) is 4.46. The van der Waals surface area contributed by atoms with E-state index < -0.39 is 11.7 Å². The Morgan fingerprint density at radius 3 is 2.17 bits per heavy atom.